The van der Waals surface area contributed by atoms with Crippen LogP contribution in [-0.4, -0.2) is 313 Å². The van der Waals surface area contributed by atoms with Gasteiger partial charge in [-0.1, -0.05) is 0 Å². The summed E-state index contributed by atoms with van der Waals surface area (Å²) in [6.07, 6.45) is 19.6. The van der Waals surface area contributed by atoms with Crippen LogP contribution in [0.5, 0.6) is 23.0 Å². The van der Waals surface area contributed by atoms with E-state index in [1.54, 1.807) is 28.4 Å². The second kappa shape index (κ2) is 42.1. The molecule has 10 bridgehead atoms. The van der Waals surface area contributed by atoms with E-state index in [2.05, 4.69) is 59.1 Å². The third kappa shape index (κ3) is 19.2. The van der Waals surface area contributed by atoms with Gasteiger partial charge in [0.2, 0.25) is 23.8 Å². The molecule has 8 aromatic heterocycles. The van der Waals surface area contributed by atoms with Gasteiger partial charge in [0, 0.05) is 122 Å². The van der Waals surface area contributed by atoms with Gasteiger partial charge in [0.15, 0.2) is 0 Å². The zero-order valence-electron chi connectivity index (χ0n) is 80.6. The van der Waals surface area contributed by atoms with Crippen LogP contribution in [0.25, 0.3) is 88.6 Å². The minimum Gasteiger partial charge on any atom is -0.496 e. The summed E-state index contributed by atoms with van der Waals surface area (Å²) < 4.78 is 68.0. The number of anilines is 8. The fourth-order valence-electron chi connectivity index (χ4n) is 22.6. The highest BCUT2D eigenvalue weighted by atomic mass is 32.1. The highest BCUT2D eigenvalue weighted by Gasteiger charge is 2.46. The lowest BCUT2D eigenvalue weighted by atomic mass is 10.1. The van der Waals surface area contributed by atoms with Crippen molar-refractivity contribution in [2.75, 3.05) is 199 Å². The molecule has 13 aliphatic heterocycles. The molecule has 0 spiro atoms. The van der Waals surface area contributed by atoms with Crippen LogP contribution in [0.4, 0.5) is 47.1 Å². The third-order valence-corrected chi connectivity index (χ3v) is 30.0. The lowest BCUT2D eigenvalue weighted by Gasteiger charge is -2.40. The quantitative estimate of drug-likeness (QED) is 0.0550. The van der Waals surface area contributed by atoms with Gasteiger partial charge in [-0.3, -0.25) is 19.9 Å². The van der Waals surface area contributed by atoms with Crippen molar-refractivity contribution < 1.29 is 77.3 Å². The maximum atomic E-state index is 9.81. The Morgan fingerprint density at radius 1 is 0.319 bits per heavy atom. The van der Waals surface area contributed by atoms with Crippen LogP contribution in [0.15, 0.2) is 122 Å². The lowest BCUT2D eigenvalue weighted by molar-refractivity contribution is 0.00863. The largest absolute Gasteiger partial charge is 0.496 e. The molecule has 0 saturated carbocycles. The Kier molecular flexibility index (Phi) is 28.5. The Bertz CT molecular complexity index is 6450. The zero-order chi connectivity index (χ0) is 95.2. The van der Waals surface area contributed by atoms with Gasteiger partial charge in [0.05, 0.1) is 273 Å². The monoisotopic (exact) mass is 1940 g/mol. The molecule has 0 radical (unpaired) electrons. The minimum atomic E-state index is -0.104. The van der Waals surface area contributed by atoms with Gasteiger partial charge in [0.25, 0.3) is 0 Å². The summed E-state index contributed by atoms with van der Waals surface area (Å²) in [6.45, 7) is 18.8. The molecule has 12 aromatic rings. The zero-order valence-corrected chi connectivity index (χ0v) is 81.6. The summed E-state index contributed by atoms with van der Waals surface area (Å²) in [7, 11) is 6.42. The highest BCUT2D eigenvalue weighted by molar-refractivity contribution is 7.59. The molecule has 13 saturated heterocycles. The van der Waals surface area contributed by atoms with Gasteiger partial charge in [-0.05, 0) is 175 Å². The van der Waals surface area contributed by atoms with E-state index >= 15 is 0 Å². The summed E-state index contributed by atoms with van der Waals surface area (Å²) in [5.41, 5.74) is 13.2. The normalized spacial score (nSPS) is 24.4. The first-order valence-corrected chi connectivity index (χ1v) is 49.5. The number of fused-ring (bicyclic) bond motifs is 14. The number of rotatable bonds is 20. The summed E-state index contributed by atoms with van der Waals surface area (Å²) >= 11 is 0. The molecule has 21 heterocycles. The Labute approximate surface area is 825 Å². The standard InChI is InChI=1S/C27H31N5O4.C27H33N5O4.2C25H29N5O4.H2S/c1-34-25-7-2-16(8-17(25)11-33)23-9-24-22(10-28-23)26(31-18-3-4-19(31)13-35-12-18)30-27(29-24)32-20-5-6-21(32)15-36-14-20;1-16-15-35-9-8-31(16)27-29-23-11-22(18-4-6-25(34-3)19(10-18)14-33)28-12-21(23)26(30-27)32-13-20-5-7-24(36-20)17(32)2;1-32-23-5-2-16(10-17(23)15-31)21-11-22-20(12-26-21)24(30-13-18-3-4-19(14-30)34-18)28-25(27-22)29-6-8-33-9-7-29;1-32-23-5-2-16(10-17(23)13-31)21-11-22-20(12-26-21)24(30-18-3-4-19(30)15-34-14-18)28-25(27-22)29-6-8-33-9-7-29;/h2,7-10,18-21,33H,3-6,11-15H2,1H3;4,6,10-12,16-17,20,24,33H,5,7-9,13-15H2,1-3H3;2*2,5,10-12,18-19,31H,3-4,6-9,13-15H2,1H3;1H2/t;16-,17-,20?,24?;;;/m.0.../s1. The molecule has 37 heteroatoms. The fourth-order valence-corrected chi connectivity index (χ4v) is 22.6. The molecule has 4 N–H and O–H groups in total. The number of hydrogen-bond donors (Lipinski definition) is 4. The Hall–Kier alpha value is -11.7. The first-order chi connectivity index (χ1) is 68.7. The van der Waals surface area contributed by atoms with E-state index in [0.29, 0.717) is 98.9 Å². The van der Waals surface area contributed by atoms with Gasteiger partial charge < -0.3 is 116 Å². The predicted molar refractivity (Wildman–Crippen MR) is 540 cm³/mol. The number of pyridine rings is 4. The number of methoxy groups -OCH3 is 4. The van der Waals surface area contributed by atoms with Gasteiger partial charge in [0.1, 0.15) is 46.3 Å². The van der Waals surface area contributed by atoms with Crippen molar-refractivity contribution in [1.29, 1.82) is 0 Å². The molecule has 25 rings (SSSR count). The van der Waals surface area contributed by atoms with E-state index in [-0.39, 0.29) is 76.4 Å². The Balaban J connectivity index is 0.000000111. The van der Waals surface area contributed by atoms with E-state index < -0.39 is 0 Å². The number of ether oxygens (including phenoxy) is 12. The van der Waals surface area contributed by atoms with Crippen molar-refractivity contribution in [2.24, 2.45) is 0 Å². The van der Waals surface area contributed by atoms with Gasteiger partial charge >= 0.3 is 0 Å². The van der Waals surface area contributed by atoms with Crippen molar-refractivity contribution in [3.8, 4) is 68.0 Å². The third-order valence-electron chi connectivity index (χ3n) is 30.0. The first kappa shape index (κ1) is 95.5. The van der Waals surface area contributed by atoms with Crippen LogP contribution in [0.2, 0.25) is 0 Å². The maximum Gasteiger partial charge on any atom is 0.228 e. The van der Waals surface area contributed by atoms with E-state index in [0.717, 1.165) is 314 Å². The van der Waals surface area contributed by atoms with E-state index in [1.807, 2.05) is 116 Å². The number of benzene rings is 4. The molecule has 12 atom stereocenters. The van der Waals surface area contributed by atoms with Crippen LogP contribution < -0.4 is 58.1 Å². The summed E-state index contributed by atoms with van der Waals surface area (Å²) in [5, 5.41) is 42.9. The van der Waals surface area contributed by atoms with Crippen molar-refractivity contribution in [3.63, 3.8) is 0 Å². The molecule has 10 unspecified atom stereocenters. The van der Waals surface area contributed by atoms with Crippen molar-refractivity contribution in [2.45, 2.75) is 177 Å². The maximum absolute atomic E-state index is 9.81. The molecule has 13 fully saturated rings. The van der Waals surface area contributed by atoms with Crippen LogP contribution in [-0.2, 0) is 64.3 Å². The van der Waals surface area contributed by atoms with Crippen molar-refractivity contribution in [1.82, 2.24) is 59.8 Å². The molecular weight excluding hydrogens is 1820 g/mol. The van der Waals surface area contributed by atoms with Gasteiger partial charge in [-0.2, -0.15) is 33.4 Å². The number of aromatic nitrogens is 12. The highest BCUT2D eigenvalue weighted by Crippen LogP contribution is 2.46. The lowest BCUT2D eigenvalue weighted by Crippen LogP contribution is -2.50. The molecule has 4 aromatic carbocycles. The molecule has 141 heavy (non-hydrogen) atoms. The number of aliphatic hydroxyl groups is 4. The van der Waals surface area contributed by atoms with Crippen LogP contribution >= 0.6 is 13.5 Å². The molecule has 13 aliphatic rings. The predicted octanol–water partition coefficient (Wildman–Crippen LogP) is 11.0. The van der Waals surface area contributed by atoms with Gasteiger partial charge in [-0.25, -0.2) is 19.9 Å². The number of morpholine rings is 8. The fraction of sp³-hybridized carbons (Fsp3) is 0.500. The summed E-state index contributed by atoms with van der Waals surface area (Å²) in [5.74, 6) is 9.40. The Morgan fingerprint density at radius 3 is 1.06 bits per heavy atom. The number of aliphatic hydroxyl groups excluding tert-OH is 4. The average Bonchev–Trinajstić information content (AvgIpc) is 1.75. The van der Waals surface area contributed by atoms with Crippen molar-refractivity contribution >= 4 is 104 Å². The van der Waals surface area contributed by atoms with Crippen LogP contribution in [0, 0.1) is 0 Å². The van der Waals surface area contributed by atoms with Crippen LogP contribution in [0.1, 0.15) is 100 Å². The summed E-state index contributed by atoms with van der Waals surface area (Å²) in [4.78, 5) is 78.4. The molecule has 742 valence electrons. The molecule has 0 aliphatic carbocycles. The second-order valence-electron chi connectivity index (χ2n) is 38.4. The second-order valence-corrected chi connectivity index (χ2v) is 38.4. The van der Waals surface area contributed by atoms with Crippen molar-refractivity contribution in [3.05, 3.63) is 144 Å². The number of nitrogens with zero attached hydrogens (tertiary/aromatic N) is 20. The average molecular weight is 1940 g/mol. The number of hydrogen-bond acceptors (Lipinski definition) is 36. The molecular formula is C104H124N20O16S. The van der Waals surface area contributed by atoms with E-state index in [1.165, 1.54) is 0 Å². The molecule has 36 nitrogen and oxygen atoms in total. The SMILES string of the molecule is COc1ccc(-c2cc3nc(N4C5CCC4COC5)nc(N4C5CCC4COC5)c3cn2)cc1CO.COc1ccc(-c2cc3nc(N4CCOCC4)nc(N4C5CCC4COC5)c3cn2)cc1CO.COc1ccc(-c2cc3nc(N4CCOCC4)nc(N4CC5CCC(C4)O5)c3cn2)cc1CO.COc1ccc(-c2cc3nc(N4CCOC[C@@H]4C)nc(N4CC5CCC(O5)[C@@H]4C)c3cn2)cc1CO.S. The van der Waals surface area contributed by atoms with Gasteiger partial charge in [-0.15, -0.1) is 0 Å². The topological polar surface area (TPSA) is 372 Å². The molecule has 0 amide bonds. The van der Waals surface area contributed by atoms with E-state index in [9.17, 15) is 20.4 Å². The smallest absolute Gasteiger partial charge is 0.228 e. The van der Waals surface area contributed by atoms with E-state index in [4.69, 9.17) is 117 Å². The Morgan fingerprint density at radius 2 is 0.660 bits per heavy atom. The summed E-state index contributed by atoms with van der Waals surface area (Å²) in [6, 6.07) is 33.5. The first-order valence-electron chi connectivity index (χ1n) is 49.5. The minimum absolute atomic E-state index is 0. The van der Waals surface area contributed by atoms with Crippen LogP contribution in [0.3, 0.4) is 0 Å².